The smallest absolute Gasteiger partial charge is 0.263 e. The van der Waals surface area contributed by atoms with Gasteiger partial charge in [0.2, 0.25) is 0 Å². The molecule has 2 heterocycles. The van der Waals surface area contributed by atoms with Crippen LogP contribution in [-0.2, 0) is 11.2 Å². The SMILES string of the molecule is CCOCCCNc1nc(C)nc2onc(CC)c12. The zero-order valence-electron chi connectivity index (χ0n) is 11.7. The van der Waals surface area contributed by atoms with E-state index < -0.39 is 0 Å². The highest BCUT2D eigenvalue weighted by Crippen LogP contribution is 2.24. The predicted octanol–water partition coefficient (Wildman–Crippen LogP) is 2.33. The van der Waals surface area contributed by atoms with E-state index in [-0.39, 0.29) is 0 Å². The molecule has 0 fully saturated rings. The van der Waals surface area contributed by atoms with Crippen LogP contribution in [0.1, 0.15) is 31.8 Å². The van der Waals surface area contributed by atoms with Crippen molar-refractivity contribution >= 4 is 16.9 Å². The fraction of sp³-hybridized carbons (Fsp3) is 0.615. The van der Waals surface area contributed by atoms with Crippen molar-refractivity contribution in [3.05, 3.63) is 11.5 Å². The van der Waals surface area contributed by atoms with Gasteiger partial charge in [-0.15, -0.1) is 0 Å². The van der Waals surface area contributed by atoms with Crippen molar-refractivity contribution in [2.45, 2.75) is 33.6 Å². The molecule has 0 saturated heterocycles. The Morgan fingerprint density at radius 3 is 2.84 bits per heavy atom. The van der Waals surface area contributed by atoms with Crippen LogP contribution in [0.4, 0.5) is 5.82 Å². The third-order valence-electron chi connectivity index (χ3n) is 2.82. The second kappa shape index (κ2) is 6.47. The van der Waals surface area contributed by atoms with Crippen LogP contribution >= 0.6 is 0 Å². The van der Waals surface area contributed by atoms with Gasteiger partial charge in [0.1, 0.15) is 17.0 Å². The number of rotatable bonds is 7. The number of aryl methyl sites for hydroxylation is 2. The molecule has 19 heavy (non-hydrogen) atoms. The average Bonchev–Trinajstić information content (AvgIpc) is 2.81. The zero-order chi connectivity index (χ0) is 13.7. The number of nitrogens with zero attached hydrogens (tertiary/aromatic N) is 3. The molecule has 0 aliphatic rings. The van der Waals surface area contributed by atoms with Gasteiger partial charge < -0.3 is 14.6 Å². The summed E-state index contributed by atoms with van der Waals surface area (Å²) in [5.74, 6) is 1.48. The molecular formula is C13H20N4O2. The summed E-state index contributed by atoms with van der Waals surface area (Å²) in [6.07, 6.45) is 1.73. The normalized spacial score (nSPS) is 11.1. The molecule has 2 rings (SSSR count). The van der Waals surface area contributed by atoms with E-state index in [9.17, 15) is 0 Å². The quantitative estimate of drug-likeness (QED) is 0.774. The molecule has 2 aromatic heterocycles. The summed E-state index contributed by atoms with van der Waals surface area (Å²) in [6.45, 7) is 8.19. The molecule has 2 aromatic rings. The van der Waals surface area contributed by atoms with Gasteiger partial charge in [0.25, 0.3) is 5.71 Å². The molecule has 0 aromatic carbocycles. The lowest BCUT2D eigenvalue weighted by Crippen LogP contribution is -2.08. The van der Waals surface area contributed by atoms with Crippen LogP contribution in [0.15, 0.2) is 4.52 Å². The summed E-state index contributed by atoms with van der Waals surface area (Å²) >= 11 is 0. The van der Waals surface area contributed by atoms with Crippen molar-refractivity contribution in [2.24, 2.45) is 0 Å². The Morgan fingerprint density at radius 2 is 2.11 bits per heavy atom. The third kappa shape index (κ3) is 3.20. The molecule has 0 unspecified atom stereocenters. The molecule has 0 bridgehead atoms. The van der Waals surface area contributed by atoms with E-state index in [1.165, 1.54) is 0 Å². The average molecular weight is 264 g/mol. The Balaban J connectivity index is 2.14. The third-order valence-corrected chi connectivity index (χ3v) is 2.82. The first-order valence-electron chi connectivity index (χ1n) is 6.70. The Labute approximate surface area is 112 Å². The summed E-state index contributed by atoms with van der Waals surface area (Å²) in [7, 11) is 0. The van der Waals surface area contributed by atoms with Gasteiger partial charge in [-0.3, -0.25) is 0 Å². The monoisotopic (exact) mass is 264 g/mol. The standard InChI is InChI=1S/C13H20N4O2/c1-4-10-11-12(14-7-6-8-18-5-2)15-9(3)16-13(11)19-17-10/h4-8H2,1-3H3,(H,14,15,16). The maximum atomic E-state index is 5.31. The van der Waals surface area contributed by atoms with Crippen molar-refractivity contribution in [3.63, 3.8) is 0 Å². The lowest BCUT2D eigenvalue weighted by Gasteiger charge is -2.07. The number of anilines is 1. The molecule has 104 valence electrons. The molecular weight excluding hydrogens is 244 g/mol. The number of fused-ring (bicyclic) bond motifs is 1. The van der Waals surface area contributed by atoms with Crippen molar-refractivity contribution < 1.29 is 9.26 Å². The van der Waals surface area contributed by atoms with Crippen LogP contribution in [0.3, 0.4) is 0 Å². The summed E-state index contributed by atoms with van der Waals surface area (Å²) in [4.78, 5) is 8.69. The van der Waals surface area contributed by atoms with Gasteiger partial charge in [0.05, 0.1) is 5.69 Å². The van der Waals surface area contributed by atoms with E-state index in [1.807, 2.05) is 20.8 Å². The minimum Gasteiger partial charge on any atom is -0.382 e. The van der Waals surface area contributed by atoms with Gasteiger partial charge in [-0.25, -0.2) is 4.98 Å². The number of ether oxygens (including phenoxy) is 1. The van der Waals surface area contributed by atoms with Gasteiger partial charge in [-0.1, -0.05) is 12.1 Å². The molecule has 6 heteroatoms. The highest BCUT2D eigenvalue weighted by atomic mass is 16.5. The van der Waals surface area contributed by atoms with E-state index in [4.69, 9.17) is 9.26 Å². The summed E-state index contributed by atoms with van der Waals surface area (Å²) in [5, 5.41) is 8.24. The maximum Gasteiger partial charge on any atom is 0.263 e. The summed E-state index contributed by atoms with van der Waals surface area (Å²) < 4.78 is 10.5. The first-order chi connectivity index (χ1) is 9.26. The molecule has 0 amide bonds. The number of hydrogen-bond acceptors (Lipinski definition) is 6. The first kappa shape index (κ1) is 13.7. The van der Waals surface area contributed by atoms with E-state index in [0.717, 1.165) is 49.5 Å². The van der Waals surface area contributed by atoms with Crippen molar-refractivity contribution in [2.75, 3.05) is 25.1 Å². The molecule has 0 spiro atoms. The zero-order valence-corrected chi connectivity index (χ0v) is 11.7. The lowest BCUT2D eigenvalue weighted by atomic mass is 10.2. The number of hydrogen-bond donors (Lipinski definition) is 1. The van der Waals surface area contributed by atoms with Gasteiger partial charge >= 0.3 is 0 Å². The van der Waals surface area contributed by atoms with Crippen LogP contribution in [0.25, 0.3) is 11.1 Å². The Hall–Kier alpha value is -1.69. The highest BCUT2D eigenvalue weighted by molar-refractivity contribution is 5.87. The molecule has 0 radical (unpaired) electrons. The summed E-state index contributed by atoms with van der Waals surface area (Å²) in [6, 6.07) is 0. The van der Waals surface area contributed by atoms with Gasteiger partial charge in [-0.05, 0) is 26.7 Å². The second-order valence-corrected chi connectivity index (χ2v) is 4.26. The van der Waals surface area contributed by atoms with Gasteiger partial charge in [0, 0.05) is 19.8 Å². The predicted molar refractivity (Wildman–Crippen MR) is 73.3 cm³/mol. The van der Waals surface area contributed by atoms with Crippen LogP contribution in [0.5, 0.6) is 0 Å². The van der Waals surface area contributed by atoms with E-state index in [1.54, 1.807) is 0 Å². The van der Waals surface area contributed by atoms with E-state index in [0.29, 0.717) is 11.5 Å². The Morgan fingerprint density at radius 1 is 1.26 bits per heavy atom. The van der Waals surface area contributed by atoms with Gasteiger partial charge in [0.15, 0.2) is 0 Å². The van der Waals surface area contributed by atoms with Crippen LogP contribution in [0, 0.1) is 6.92 Å². The Kier molecular flexibility index (Phi) is 4.68. The van der Waals surface area contributed by atoms with E-state index in [2.05, 4.69) is 20.4 Å². The highest BCUT2D eigenvalue weighted by Gasteiger charge is 2.14. The van der Waals surface area contributed by atoms with Crippen molar-refractivity contribution in [1.82, 2.24) is 15.1 Å². The van der Waals surface area contributed by atoms with Crippen LogP contribution in [-0.4, -0.2) is 34.9 Å². The van der Waals surface area contributed by atoms with Crippen molar-refractivity contribution in [1.29, 1.82) is 0 Å². The number of aromatic nitrogens is 3. The lowest BCUT2D eigenvalue weighted by molar-refractivity contribution is 0.147. The molecule has 0 atom stereocenters. The first-order valence-corrected chi connectivity index (χ1v) is 6.70. The Bertz CT molecular complexity index is 539. The molecule has 0 saturated carbocycles. The van der Waals surface area contributed by atoms with E-state index >= 15 is 0 Å². The fourth-order valence-corrected chi connectivity index (χ4v) is 1.91. The fourth-order valence-electron chi connectivity index (χ4n) is 1.91. The van der Waals surface area contributed by atoms with Gasteiger partial charge in [-0.2, -0.15) is 4.98 Å². The molecule has 0 aliphatic carbocycles. The molecule has 0 aliphatic heterocycles. The van der Waals surface area contributed by atoms with Crippen molar-refractivity contribution in [3.8, 4) is 0 Å². The topological polar surface area (TPSA) is 73.1 Å². The minimum atomic E-state index is 0.552. The maximum absolute atomic E-state index is 5.31. The summed E-state index contributed by atoms with van der Waals surface area (Å²) in [5.41, 5.74) is 1.44. The minimum absolute atomic E-state index is 0.552. The molecule has 1 N–H and O–H groups in total. The number of nitrogens with one attached hydrogen (secondary N) is 1. The van der Waals surface area contributed by atoms with Crippen LogP contribution in [0.2, 0.25) is 0 Å². The largest absolute Gasteiger partial charge is 0.382 e. The molecule has 6 nitrogen and oxygen atoms in total. The second-order valence-electron chi connectivity index (χ2n) is 4.26. The van der Waals surface area contributed by atoms with Crippen LogP contribution < -0.4 is 5.32 Å².